The molecule has 1 aromatic rings. The lowest BCUT2D eigenvalue weighted by molar-refractivity contribution is 0.0524. The molecule has 0 saturated carbocycles. The van der Waals surface area contributed by atoms with E-state index in [9.17, 15) is 18.0 Å². The molecule has 0 aliphatic rings. The molecule has 0 aromatic heterocycles. The van der Waals surface area contributed by atoms with E-state index in [0.29, 0.717) is 0 Å². The minimum absolute atomic E-state index is 0.0870. The van der Waals surface area contributed by atoms with E-state index in [1.54, 1.807) is 13.8 Å². The van der Waals surface area contributed by atoms with Gasteiger partial charge >= 0.3 is 11.9 Å². The normalized spacial score (nSPS) is 10.9. The average molecular weight is 302 g/mol. The molecule has 0 fully saturated rings. The fourth-order valence-corrected chi connectivity index (χ4v) is 1.96. The van der Waals surface area contributed by atoms with Crippen molar-refractivity contribution in [3.8, 4) is 0 Å². The maximum Gasteiger partial charge on any atom is 0.338 e. The molecule has 0 heterocycles. The third-order valence-electron chi connectivity index (χ3n) is 2.23. The molecule has 1 N–H and O–H groups in total. The van der Waals surface area contributed by atoms with Gasteiger partial charge in [0.1, 0.15) is 0 Å². The molecule has 0 spiro atoms. The zero-order valence-electron chi connectivity index (χ0n) is 11.0. The highest BCUT2D eigenvalue weighted by Crippen LogP contribution is 2.17. The summed E-state index contributed by atoms with van der Waals surface area (Å²) in [7, 11) is -4.56. The Bertz CT molecular complexity index is 582. The highest BCUT2D eigenvalue weighted by atomic mass is 32.2. The number of ether oxygens (including phenoxy) is 2. The first-order chi connectivity index (χ1) is 9.29. The molecule has 0 aliphatic carbocycles. The van der Waals surface area contributed by atoms with Crippen LogP contribution in [0.3, 0.4) is 0 Å². The monoisotopic (exact) mass is 302 g/mol. The summed E-state index contributed by atoms with van der Waals surface area (Å²) < 4.78 is 40.8. The van der Waals surface area contributed by atoms with Crippen molar-refractivity contribution in [2.45, 2.75) is 18.7 Å². The van der Waals surface area contributed by atoms with Crippen LogP contribution in [0.1, 0.15) is 34.6 Å². The Morgan fingerprint density at radius 1 is 1.00 bits per heavy atom. The van der Waals surface area contributed by atoms with E-state index in [4.69, 9.17) is 14.0 Å². The van der Waals surface area contributed by atoms with Crippen molar-refractivity contribution in [3.05, 3.63) is 29.3 Å². The zero-order valence-corrected chi connectivity index (χ0v) is 11.8. The van der Waals surface area contributed by atoms with Gasteiger partial charge in [0.15, 0.2) is 0 Å². The molecule has 1 aromatic carbocycles. The predicted octanol–water partition coefficient (Wildman–Crippen LogP) is 1.29. The van der Waals surface area contributed by atoms with Gasteiger partial charge in [-0.3, -0.25) is 4.55 Å². The molecule has 110 valence electrons. The molecule has 20 heavy (non-hydrogen) atoms. The van der Waals surface area contributed by atoms with Gasteiger partial charge < -0.3 is 9.47 Å². The van der Waals surface area contributed by atoms with Crippen LogP contribution in [0.15, 0.2) is 23.1 Å². The lowest BCUT2D eigenvalue weighted by Crippen LogP contribution is -2.11. The van der Waals surface area contributed by atoms with Crippen molar-refractivity contribution < 1.29 is 32.0 Å². The van der Waals surface area contributed by atoms with E-state index in [0.717, 1.165) is 18.2 Å². The number of rotatable bonds is 5. The lowest BCUT2D eigenvalue weighted by atomic mass is 10.1. The standard InChI is InChI=1S/C12H14O7S/c1-3-18-11(13)8-5-9(12(14)19-4-2)7-10(6-8)20(15,16)17/h5-7H,3-4H2,1-2H3,(H,15,16,17). The smallest absolute Gasteiger partial charge is 0.338 e. The number of hydrogen-bond acceptors (Lipinski definition) is 6. The molecule has 0 radical (unpaired) electrons. The fourth-order valence-electron chi connectivity index (χ4n) is 1.41. The predicted molar refractivity (Wildman–Crippen MR) is 68.2 cm³/mol. The number of carbonyl (C=O) groups is 2. The molecule has 0 bridgehead atoms. The highest BCUT2D eigenvalue weighted by molar-refractivity contribution is 7.85. The van der Waals surface area contributed by atoms with Gasteiger partial charge in [0.05, 0.1) is 29.2 Å². The maximum absolute atomic E-state index is 11.6. The second-order valence-electron chi connectivity index (χ2n) is 3.66. The molecule has 7 nitrogen and oxygen atoms in total. The lowest BCUT2D eigenvalue weighted by Gasteiger charge is -2.07. The van der Waals surface area contributed by atoms with Crippen LogP contribution in [0.2, 0.25) is 0 Å². The van der Waals surface area contributed by atoms with Crippen LogP contribution in [0, 0.1) is 0 Å². The number of hydrogen-bond donors (Lipinski definition) is 1. The van der Waals surface area contributed by atoms with Gasteiger partial charge in [-0.15, -0.1) is 0 Å². The molecular formula is C12H14O7S. The average Bonchev–Trinajstić information content (AvgIpc) is 2.37. The van der Waals surface area contributed by atoms with E-state index in [1.165, 1.54) is 0 Å². The first-order valence-electron chi connectivity index (χ1n) is 5.76. The van der Waals surface area contributed by atoms with Gasteiger partial charge in [-0.25, -0.2) is 9.59 Å². The Hall–Kier alpha value is -1.93. The molecule has 0 atom stereocenters. The topological polar surface area (TPSA) is 107 Å². The summed E-state index contributed by atoms with van der Waals surface area (Å²) >= 11 is 0. The van der Waals surface area contributed by atoms with E-state index in [1.807, 2.05) is 0 Å². The first-order valence-corrected chi connectivity index (χ1v) is 7.20. The molecular weight excluding hydrogens is 288 g/mol. The van der Waals surface area contributed by atoms with Crippen LogP contribution in [-0.4, -0.2) is 38.1 Å². The Labute approximate surface area is 116 Å². The Kier molecular flexibility index (Phi) is 5.23. The summed E-state index contributed by atoms with van der Waals surface area (Å²) in [5.41, 5.74) is -0.324. The van der Waals surface area contributed by atoms with Crippen LogP contribution in [0.4, 0.5) is 0 Å². The molecule has 1 rings (SSSR count). The summed E-state index contributed by atoms with van der Waals surface area (Å²) in [4.78, 5) is 22.6. The Balaban J connectivity index is 3.36. The second-order valence-corrected chi connectivity index (χ2v) is 5.08. The second kappa shape index (κ2) is 6.49. The molecule has 0 unspecified atom stereocenters. The Morgan fingerprint density at radius 3 is 1.70 bits per heavy atom. The maximum atomic E-state index is 11.6. The van der Waals surface area contributed by atoms with Gasteiger partial charge in [0.25, 0.3) is 10.1 Å². The quantitative estimate of drug-likeness (QED) is 0.645. The van der Waals surface area contributed by atoms with Gasteiger partial charge in [0.2, 0.25) is 0 Å². The van der Waals surface area contributed by atoms with Crippen molar-refractivity contribution in [3.63, 3.8) is 0 Å². The van der Waals surface area contributed by atoms with Crippen LogP contribution < -0.4 is 0 Å². The minimum atomic E-state index is -4.56. The zero-order chi connectivity index (χ0) is 15.3. The summed E-state index contributed by atoms with van der Waals surface area (Å²) in [6.45, 7) is 3.33. The van der Waals surface area contributed by atoms with Gasteiger partial charge in [-0.05, 0) is 32.0 Å². The van der Waals surface area contributed by atoms with E-state index in [2.05, 4.69) is 0 Å². The summed E-state index contributed by atoms with van der Waals surface area (Å²) in [5.74, 6) is -1.60. The van der Waals surface area contributed by atoms with E-state index < -0.39 is 27.0 Å². The fraction of sp³-hybridized carbons (Fsp3) is 0.333. The third-order valence-corrected chi connectivity index (χ3v) is 3.06. The van der Waals surface area contributed by atoms with Crippen molar-refractivity contribution in [2.24, 2.45) is 0 Å². The van der Waals surface area contributed by atoms with E-state index >= 15 is 0 Å². The summed E-state index contributed by atoms with van der Waals surface area (Å²) in [5, 5.41) is 0. The SMILES string of the molecule is CCOC(=O)c1cc(C(=O)OCC)cc(S(=O)(=O)O)c1. The van der Waals surface area contributed by atoms with Crippen LogP contribution in [0.5, 0.6) is 0 Å². The summed E-state index contributed by atoms with van der Waals surface area (Å²) in [6, 6.07) is 3.00. The van der Waals surface area contributed by atoms with Gasteiger partial charge in [-0.2, -0.15) is 8.42 Å². The highest BCUT2D eigenvalue weighted by Gasteiger charge is 2.19. The van der Waals surface area contributed by atoms with Gasteiger partial charge in [-0.1, -0.05) is 0 Å². The van der Waals surface area contributed by atoms with Crippen LogP contribution in [0.25, 0.3) is 0 Å². The van der Waals surface area contributed by atoms with Crippen molar-refractivity contribution in [1.29, 1.82) is 0 Å². The molecule has 0 amide bonds. The minimum Gasteiger partial charge on any atom is -0.462 e. The van der Waals surface area contributed by atoms with Crippen molar-refractivity contribution >= 4 is 22.1 Å². The van der Waals surface area contributed by atoms with Crippen LogP contribution in [-0.2, 0) is 19.6 Å². The van der Waals surface area contributed by atoms with E-state index in [-0.39, 0.29) is 24.3 Å². The van der Waals surface area contributed by atoms with Crippen molar-refractivity contribution in [1.82, 2.24) is 0 Å². The Morgan fingerprint density at radius 2 is 1.40 bits per heavy atom. The molecule has 0 saturated heterocycles. The number of carbonyl (C=O) groups excluding carboxylic acids is 2. The number of esters is 2. The van der Waals surface area contributed by atoms with Crippen LogP contribution >= 0.6 is 0 Å². The molecule has 8 heteroatoms. The van der Waals surface area contributed by atoms with Gasteiger partial charge in [0, 0.05) is 0 Å². The largest absolute Gasteiger partial charge is 0.462 e. The first kappa shape index (κ1) is 16.1. The van der Waals surface area contributed by atoms with Crippen molar-refractivity contribution in [2.75, 3.05) is 13.2 Å². The molecule has 0 aliphatic heterocycles. The summed E-state index contributed by atoms with van der Waals surface area (Å²) in [6.07, 6.45) is 0. The third kappa shape index (κ3) is 4.04. The number of benzene rings is 1.